The average Bonchev–Trinajstić information content (AvgIpc) is 3.07. The van der Waals surface area contributed by atoms with Crippen LogP contribution in [0.3, 0.4) is 0 Å². The van der Waals surface area contributed by atoms with Gasteiger partial charge in [-0.3, -0.25) is 4.57 Å². The molecule has 0 saturated carbocycles. The van der Waals surface area contributed by atoms with Gasteiger partial charge in [0.1, 0.15) is 12.0 Å². The molecular formula is C18H20IN5O2. The van der Waals surface area contributed by atoms with Crippen LogP contribution in [0.1, 0.15) is 32.4 Å². The van der Waals surface area contributed by atoms with Crippen LogP contribution in [0.4, 0.5) is 11.5 Å². The van der Waals surface area contributed by atoms with Gasteiger partial charge < -0.3 is 14.8 Å². The second-order valence-electron chi connectivity index (χ2n) is 6.07. The normalized spacial score (nSPS) is 17.4. The zero-order valence-corrected chi connectivity index (χ0v) is 16.6. The number of hydrogen-bond donors (Lipinski definition) is 1. The van der Waals surface area contributed by atoms with Crippen molar-refractivity contribution in [1.82, 2.24) is 19.5 Å². The van der Waals surface area contributed by atoms with E-state index < -0.39 is 0 Å². The van der Waals surface area contributed by atoms with Crippen molar-refractivity contribution in [2.45, 2.75) is 32.4 Å². The van der Waals surface area contributed by atoms with Gasteiger partial charge in [0.25, 0.3) is 0 Å². The molecule has 2 aromatic heterocycles. The van der Waals surface area contributed by atoms with Crippen molar-refractivity contribution in [2.75, 3.05) is 18.5 Å². The second kappa shape index (κ2) is 7.75. The van der Waals surface area contributed by atoms with Crippen molar-refractivity contribution >= 4 is 45.3 Å². The van der Waals surface area contributed by atoms with E-state index in [9.17, 15) is 0 Å². The van der Waals surface area contributed by atoms with Gasteiger partial charge >= 0.3 is 0 Å². The lowest BCUT2D eigenvalue weighted by Crippen LogP contribution is -2.18. The fourth-order valence-electron chi connectivity index (χ4n) is 3.10. The Bertz CT molecular complexity index is 908. The SMILES string of the molecule is CCOc1cccc(Nc2nc(I)nc3c2ncn3C2CCCCO2)c1. The number of fused-ring (bicyclic) bond motifs is 1. The summed E-state index contributed by atoms with van der Waals surface area (Å²) in [4.78, 5) is 13.7. The summed E-state index contributed by atoms with van der Waals surface area (Å²) in [6.07, 6.45) is 5.03. The van der Waals surface area contributed by atoms with Crippen LogP contribution < -0.4 is 10.1 Å². The Labute approximate surface area is 165 Å². The number of halogens is 1. The fraction of sp³-hybridized carbons (Fsp3) is 0.389. The minimum absolute atomic E-state index is 0.00594. The molecule has 0 amide bonds. The molecule has 0 radical (unpaired) electrons. The topological polar surface area (TPSA) is 74.1 Å². The Morgan fingerprint density at radius 2 is 2.27 bits per heavy atom. The average molecular weight is 465 g/mol. The van der Waals surface area contributed by atoms with E-state index >= 15 is 0 Å². The van der Waals surface area contributed by atoms with Crippen LogP contribution >= 0.6 is 22.6 Å². The van der Waals surface area contributed by atoms with Crippen molar-refractivity contribution in [3.05, 3.63) is 34.4 Å². The molecule has 1 N–H and O–H groups in total. The van der Waals surface area contributed by atoms with Crippen molar-refractivity contribution in [2.24, 2.45) is 0 Å². The minimum atomic E-state index is -0.00594. The van der Waals surface area contributed by atoms with Gasteiger partial charge in [-0.2, -0.15) is 0 Å². The van der Waals surface area contributed by atoms with Crippen LogP contribution in [0.15, 0.2) is 30.6 Å². The van der Waals surface area contributed by atoms with Crippen molar-refractivity contribution < 1.29 is 9.47 Å². The van der Waals surface area contributed by atoms with Gasteiger partial charge in [-0.05, 0) is 38.3 Å². The highest BCUT2D eigenvalue weighted by molar-refractivity contribution is 14.1. The molecule has 8 heteroatoms. The van der Waals surface area contributed by atoms with Gasteiger partial charge in [0.05, 0.1) is 12.9 Å². The lowest BCUT2D eigenvalue weighted by molar-refractivity contribution is -0.0298. The van der Waals surface area contributed by atoms with E-state index in [0.29, 0.717) is 16.3 Å². The van der Waals surface area contributed by atoms with Crippen LogP contribution in [0, 0.1) is 3.83 Å². The number of aromatic nitrogens is 4. The first-order valence-corrected chi connectivity index (χ1v) is 9.84. The number of benzene rings is 1. The number of ether oxygens (including phenoxy) is 2. The molecule has 26 heavy (non-hydrogen) atoms. The number of imidazole rings is 1. The third kappa shape index (κ3) is 3.61. The molecular weight excluding hydrogens is 445 g/mol. The lowest BCUT2D eigenvalue weighted by atomic mass is 10.2. The van der Waals surface area contributed by atoms with E-state index in [-0.39, 0.29) is 6.23 Å². The lowest BCUT2D eigenvalue weighted by Gasteiger charge is -2.23. The van der Waals surface area contributed by atoms with Crippen LogP contribution in [0.25, 0.3) is 11.2 Å². The van der Waals surface area contributed by atoms with E-state index in [0.717, 1.165) is 48.5 Å². The third-order valence-electron chi connectivity index (χ3n) is 4.27. The largest absolute Gasteiger partial charge is 0.494 e. The Morgan fingerprint density at radius 1 is 1.35 bits per heavy atom. The Hall–Kier alpha value is -1.94. The molecule has 0 bridgehead atoms. The van der Waals surface area contributed by atoms with Gasteiger partial charge in [-0.15, -0.1) is 0 Å². The van der Waals surface area contributed by atoms with Crippen molar-refractivity contribution in [3.8, 4) is 5.75 Å². The quantitative estimate of drug-likeness (QED) is 0.448. The fourth-order valence-corrected chi connectivity index (χ4v) is 3.57. The first-order chi connectivity index (χ1) is 12.7. The monoisotopic (exact) mass is 465 g/mol. The summed E-state index contributed by atoms with van der Waals surface area (Å²) in [6, 6.07) is 7.81. The molecule has 1 fully saturated rings. The zero-order valence-electron chi connectivity index (χ0n) is 14.5. The highest BCUT2D eigenvalue weighted by Crippen LogP contribution is 2.30. The molecule has 4 rings (SSSR count). The van der Waals surface area contributed by atoms with Crippen LogP contribution in [-0.2, 0) is 4.74 Å². The van der Waals surface area contributed by atoms with E-state index in [1.165, 1.54) is 0 Å². The molecule has 1 aliphatic rings. The van der Waals surface area contributed by atoms with Crippen molar-refractivity contribution in [3.63, 3.8) is 0 Å². The Kier molecular flexibility index (Phi) is 5.21. The maximum absolute atomic E-state index is 5.89. The molecule has 3 heterocycles. The van der Waals surface area contributed by atoms with Gasteiger partial charge in [-0.1, -0.05) is 6.07 Å². The van der Waals surface area contributed by atoms with Gasteiger partial charge in [0.2, 0.25) is 0 Å². The van der Waals surface area contributed by atoms with Gasteiger partial charge in [-0.25, -0.2) is 15.0 Å². The summed E-state index contributed by atoms with van der Waals surface area (Å²) in [5.41, 5.74) is 2.43. The Morgan fingerprint density at radius 3 is 3.08 bits per heavy atom. The molecule has 1 aromatic carbocycles. The van der Waals surface area contributed by atoms with E-state index in [2.05, 4.69) is 42.9 Å². The number of hydrogen-bond acceptors (Lipinski definition) is 6. The van der Waals surface area contributed by atoms with Gasteiger partial charge in [0.15, 0.2) is 20.8 Å². The van der Waals surface area contributed by atoms with Gasteiger partial charge in [0, 0.05) is 41.0 Å². The third-order valence-corrected chi connectivity index (χ3v) is 4.75. The molecule has 0 aliphatic carbocycles. The Balaban J connectivity index is 1.69. The van der Waals surface area contributed by atoms with Crippen molar-refractivity contribution in [1.29, 1.82) is 0 Å². The van der Waals surface area contributed by atoms with E-state index in [1.807, 2.05) is 35.8 Å². The molecule has 7 nitrogen and oxygen atoms in total. The summed E-state index contributed by atoms with van der Waals surface area (Å²) in [7, 11) is 0. The molecule has 1 atom stereocenters. The maximum atomic E-state index is 5.89. The first-order valence-electron chi connectivity index (χ1n) is 8.76. The predicted molar refractivity (Wildman–Crippen MR) is 108 cm³/mol. The molecule has 3 aromatic rings. The highest BCUT2D eigenvalue weighted by atomic mass is 127. The standard InChI is InChI=1S/C18H20IN5O2/c1-2-25-13-7-5-6-12(10-13)21-16-15-17(23-18(19)22-16)24(11-20-15)14-8-3-4-9-26-14/h5-7,10-11,14H,2-4,8-9H2,1H3,(H,21,22,23). The number of nitrogens with zero attached hydrogens (tertiary/aromatic N) is 4. The van der Waals surface area contributed by atoms with E-state index in [1.54, 1.807) is 6.33 Å². The second-order valence-corrected chi connectivity index (χ2v) is 7.04. The minimum Gasteiger partial charge on any atom is -0.494 e. The molecule has 1 unspecified atom stereocenters. The number of nitrogens with one attached hydrogen (secondary N) is 1. The molecule has 1 aliphatic heterocycles. The molecule has 0 spiro atoms. The first kappa shape index (κ1) is 17.5. The van der Waals surface area contributed by atoms with Crippen LogP contribution in [0.5, 0.6) is 5.75 Å². The maximum Gasteiger partial charge on any atom is 0.194 e. The zero-order chi connectivity index (χ0) is 17.9. The molecule has 136 valence electrons. The van der Waals surface area contributed by atoms with Crippen LogP contribution in [-0.4, -0.2) is 32.7 Å². The summed E-state index contributed by atoms with van der Waals surface area (Å²) < 4.78 is 14.1. The number of anilines is 2. The summed E-state index contributed by atoms with van der Waals surface area (Å²) in [5, 5.41) is 3.35. The summed E-state index contributed by atoms with van der Waals surface area (Å²) in [5.74, 6) is 1.50. The van der Waals surface area contributed by atoms with E-state index in [4.69, 9.17) is 9.47 Å². The van der Waals surface area contributed by atoms with Crippen LogP contribution in [0.2, 0.25) is 0 Å². The molecule has 1 saturated heterocycles. The summed E-state index contributed by atoms with van der Waals surface area (Å²) in [6.45, 7) is 3.38. The predicted octanol–water partition coefficient (Wildman–Crippen LogP) is 4.27. The highest BCUT2D eigenvalue weighted by Gasteiger charge is 2.21. The smallest absolute Gasteiger partial charge is 0.194 e. The number of rotatable bonds is 5. The summed E-state index contributed by atoms with van der Waals surface area (Å²) >= 11 is 2.13.